The third kappa shape index (κ3) is 3.71. The first kappa shape index (κ1) is 17.4. The highest BCUT2D eigenvalue weighted by Gasteiger charge is 2.25. The van der Waals surface area contributed by atoms with Gasteiger partial charge in [0.05, 0.1) is 5.52 Å². The Labute approximate surface area is 160 Å². The van der Waals surface area contributed by atoms with E-state index in [9.17, 15) is 9.59 Å². The lowest BCUT2D eigenvalue weighted by atomic mass is 10.1. The molecule has 0 unspecified atom stereocenters. The Kier molecular flexibility index (Phi) is 4.51. The number of carbonyl (C=O) groups excluding carboxylic acids is 1. The topological polar surface area (TPSA) is 88.8 Å². The lowest BCUT2D eigenvalue weighted by Crippen LogP contribution is -2.07. The molecule has 0 spiro atoms. The number of carboxylic acid groups (broad SMARTS) is 1. The zero-order valence-electron chi connectivity index (χ0n) is 14.6. The summed E-state index contributed by atoms with van der Waals surface area (Å²) in [5.41, 5.74) is 2.95. The van der Waals surface area contributed by atoms with Gasteiger partial charge in [0.25, 0.3) is 0 Å². The van der Waals surface area contributed by atoms with E-state index in [0.29, 0.717) is 5.69 Å². The summed E-state index contributed by atoms with van der Waals surface area (Å²) in [4.78, 5) is 31.5. The number of cyclic esters (lactones) is 1. The number of aliphatic carboxylic acids is 1. The first-order chi connectivity index (χ1) is 13.6. The third-order valence-electron chi connectivity index (χ3n) is 4.10. The lowest BCUT2D eigenvalue weighted by molar-refractivity contribution is -0.131. The predicted octanol–water partition coefficient (Wildman–Crippen LogP) is 3.68. The highest BCUT2D eigenvalue weighted by Crippen LogP contribution is 2.20. The molecule has 0 radical (unpaired) electrons. The van der Waals surface area contributed by atoms with Crippen molar-refractivity contribution in [1.82, 2.24) is 4.98 Å². The molecule has 2 heterocycles. The standard InChI is InChI=1S/C22H14N2O4/c25-20(26)12-9-14-5-7-15(8-6-14)13-19-22(27)28-21(24-19)18-11-10-16-3-1-2-4-17(16)23-18/h1-13H,(H,25,26)/b12-9+,19-13-. The SMILES string of the molecule is O=C(O)/C=C/c1ccc(/C=C2\N=C(c3ccc4ccccc4n3)OC2=O)cc1. The van der Waals surface area contributed by atoms with Gasteiger partial charge in [-0.25, -0.2) is 19.6 Å². The smallest absolute Gasteiger partial charge is 0.363 e. The molecule has 28 heavy (non-hydrogen) atoms. The zero-order valence-corrected chi connectivity index (χ0v) is 14.6. The van der Waals surface area contributed by atoms with Crippen LogP contribution in [0, 0.1) is 0 Å². The first-order valence-corrected chi connectivity index (χ1v) is 8.48. The van der Waals surface area contributed by atoms with Gasteiger partial charge in [0.1, 0.15) is 5.69 Å². The molecule has 0 fully saturated rings. The number of para-hydroxylation sites is 1. The summed E-state index contributed by atoms with van der Waals surface area (Å²) in [5.74, 6) is -1.38. The highest BCUT2D eigenvalue weighted by molar-refractivity contribution is 6.12. The van der Waals surface area contributed by atoms with Crippen LogP contribution in [-0.4, -0.2) is 27.9 Å². The maximum Gasteiger partial charge on any atom is 0.363 e. The fraction of sp³-hybridized carbons (Fsp3) is 0. The van der Waals surface area contributed by atoms with Crippen LogP contribution < -0.4 is 0 Å². The zero-order chi connectivity index (χ0) is 19.5. The number of pyridine rings is 1. The van der Waals surface area contributed by atoms with E-state index >= 15 is 0 Å². The molecule has 1 aliphatic rings. The van der Waals surface area contributed by atoms with Crippen LogP contribution in [0.5, 0.6) is 0 Å². The predicted molar refractivity (Wildman–Crippen MR) is 105 cm³/mol. The van der Waals surface area contributed by atoms with E-state index in [4.69, 9.17) is 9.84 Å². The van der Waals surface area contributed by atoms with Crippen LogP contribution in [0.1, 0.15) is 16.8 Å². The quantitative estimate of drug-likeness (QED) is 0.559. The van der Waals surface area contributed by atoms with Crippen LogP contribution >= 0.6 is 0 Å². The summed E-state index contributed by atoms with van der Waals surface area (Å²) in [5, 5.41) is 9.65. The van der Waals surface area contributed by atoms with Crippen molar-refractivity contribution in [3.63, 3.8) is 0 Å². The van der Waals surface area contributed by atoms with E-state index < -0.39 is 11.9 Å². The summed E-state index contributed by atoms with van der Waals surface area (Å²) in [7, 11) is 0. The summed E-state index contributed by atoms with van der Waals surface area (Å²) in [6.45, 7) is 0. The Bertz CT molecular complexity index is 1170. The van der Waals surface area contributed by atoms with Crippen molar-refractivity contribution in [1.29, 1.82) is 0 Å². The fourth-order valence-corrected chi connectivity index (χ4v) is 2.73. The molecule has 136 valence electrons. The summed E-state index contributed by atoms with van der Waals surface area (Å²) < 4.78 is 5.27. The minimum Gasteiger partial charge on any atom is -0.478 e. The van der Waals surface area contributed by atoms with Gasteiger partial charge in [-0.2, -0.15) is 0 Å². The summed E-state index contributed by atoms with van der Waals surface area (Å²) >= 11 is 0. The molecule has 6 heteroatoms. The van der Waals surface area contributed by atoms with Crippen molar-refractivity contribution >= 4 is 40.9 Å². The number of esters is 1. The van der Waals surface area contributed by atoms with Gasteiger partial charge >= 0.3 is 11.9 Å². The maximum atomic E-state index is 12.2. The molecule has 1 N–H and O–H groups in total. The second kappa shape index (κ2) is 7.28. The molecule has 3 aromatic rings. The monoisotopic (exact) mass is 370 g/mol. The number of benzene rings is 2. The number of aliphatic imine (C=N–C) groups is 1. The number of hydrogen-bond donors (Lipinski definition) is 1. The van der Waals surface area contributed by atoms with Crippen molar-refractivity contribution in [2.24, 2.45) is 4.99 Å². The van der Waals surface area contributed by atoms with E-state index in [2.05, 4.69) is 9.98 Å². The first-order valence-electron chi connectivity index (χ1n) is 8.48. The average molecular weight is 370 g/mol. The minimum absolute atomic E-state index is 0.169. The van der Waals surface area contributed by atoms with Gasteiger partial charge < -0.3 is 9.84 Å². The highest BCUT2D eigenvalue weighted by atomic mass is 16.6. The molecule has 0 atom stereocenters. The van der Waals surface area contributed by atoms with Crippen LogP contribution in [-0.2, 0) is 14.3 Å². The second-order valence-electron chi connectivity index (χ2n) is 6.06. The van der Waals surface area contributed by atoms with Crippen LogP contribution in [0.4, 0.5) is 0 Å². The number of hydrogen-bond acceptors (Lipinski definition) is 5. The number of fused-ring (bicyclic) bond motifs is 1. The second-order valence-corrected chi connectivity index (χ2v) is 6.06. The Hall–Kier alpha value is -4.06. The number of nitrogens with zero attached hydrogens (tertiary/aromatic N) is 2. The van der Waals surface area contributed by atoms with E-state index in [0.717, 1.165) is 28.1 Å². The van der Waals surface area contributed by atoms with Gasteiger partial charge in [-0.05, 0) is 35.4 Å². The normalized spacial score (nSPS) is 15.2. The Balaban J connectivity index is 1.60. The number of rotatable bonds is 4. The van der Waals surface area contributed by atoms with Crippen molar-refractivity contribution in [3.05, 3.63) is 89.3 Å². The molecule has 0 saturated heterocycles. The van der Waals surface area contributed by atoms with E-state index in [-0.39, 0.29) is 11.6 Å². The fourth-order valence-electron chi connectivity index (χ4n) is 2.73. The Morgan fingerprint density at radius 1 is 0.964 bits per heavy atom. The van der Waals surface area contributed by atoms with Crippen LogP contribution in [0.3, 0.4) is 0 Å². The van der Waals surface area contributed by atoms with Crippen molar-refractivity contribution in [2.45, 2.75) is 0 Å². The average Bonchev–Trinajstić information content (AvgIpc) is 3.07. The van der Waals surface area contributed by atoms with Gasteiger partial charge in [-0.15, -0.1) is 0 Å². The van der Waals surface area contributed by atoms with Gasteiger partial charge in [0.2, 0.25) is 5.90 Å². The molecule has 0 saturated carbocycles. The molecule has 0 bridgehead atoms. The molecular weight excluding hydrogens is 356 g/mol. The van der Waals surface area contributed by atoms with Crippen LogP contribution in [0.15, 0.2) is 77.4 Å². The van der Waals surface area contributed by atoms with Gasteiger partial charge in [0, 0.05) is 11.5 Å². The van der Waals surface area contributed by atoms with Crippen LogP contribution in [0.2, 0.25) is 0 Å². The van der Waals surface area contributed by atoms with Gasteiger partial charge in [-0.3, -0.25) is 0 Å². The number of ether oxygens (including phenoxy) is 1. The molecular formula is C22H14N2O4. The molecule has 0 amide bonds. The Morgan fingerprint density at radius 2 is 1.71 bits per heavy atom. The van der Waals surface area contributed by atoms with Gasteiger partial charge in [-0.1, -0.05) is 48.5 Å². The van der Waals surface area contributed by atoms with Crippen LogP contribution in [0.25, 0.3) is 23.1 Å². The summed E-state index contributed by atoms with van der Waals surface area (Å²) in [6, 6.07) is 18.4. The largest absolute Gasteiger partial charge is 0.478 e. The lowest BCUT2D eigenvalue weighted by Gasteiger charge is -2.01. The molecule has 1 aromatic heterocycles. The molecule has 1 aliphatic heterocycles. The number of aromatic nitrogens is 1. The molecule has 0 aliphatic carbocycles. The van der Waals surface area contributed by atoms with Crippen molar-refractivity contribution < 1.29 is 19.4 Å². The van der Waals surface area contributed by atoms with E-state index in [1.165, 1.54) is 6.08 Å². The Morgan fingerprint density at radius 3 is 2.50 bits per heavy atom. The van der Waals surface area contributed by atoms with E-state index in [1.54, 1.807) is 36.4 Å². The third-order valence-corrected chi connectivity index (χ3v) is 4.10. The molecule has 6 nitrogen and oxygen atoms in total. The van der Waals surface area contributed by atoms with E-state index in [1.807, 2.05) is 30.3 Å². The molecule has 2 aromatic carbocycles. The maximum absolute atomic E-state index is 12.2. The van der Waals surface area contributed by atoms with Gasteiger partial charge in [0.15, 0.2) is 5.70 Å². The minimum atomic E-state index is -1.01. The van der Waals surface area contributed by atoms with Crippen molar-refractivity contribution in [3.8, 4) is 0 Å². The number of carbonyl (C=O) groups is 2. The molecule has 4 rings (SSSR count). The van der Waals surface area contributed by atoms with Crippen molar-refractivity contribution in [2.75, 3.05) is 0 Å². The number of carboxylic acids is 1. The summed E-state index contributed by atoms with van der Waals surface area (Å²) in [6.07, 6.45) is 4.17.